The fourth-order valence-corrected chi connectivity index (χ4v) is 2.53. The number of carboxylic acid groups (broad SMARTS) is 1. The maximum atomic E-state index is 10.7. The van der Waals surface area contributed by atoms with Crippen LogP contribution in [0.15, 0.2) is 16.8 Å². The van der Waals surface area contributed by atoms with Crippen LogP contribution in [-0.2, 0) is 0 Å². The molecule has 2 heterocycles. The van der Waals surface area contributed by atoms with Crippen LogP contribution in [0.5, 0.6) is 0 Å². The van der Waals surface area contributed by atoms with Crippen molar-refractivity contribution in [3.05, 3.63) is 22.5 Å². The van der Waals surface area contributed by atoms with E-state index in [9.17, 15) is 4.79 Å². The van der Waals surface area contributed by atoms with Crippen LogP contribution in [0, 0.1) is 0 Å². The number of aromatic carboxylic acids is 1. The van der Waals surface area contributed by atoms with E-state index in [1.165, 1.54) is 22.7 Å². The van der Waals surface area contributed by atoms with Gasteiger partial charge >= 0.3 is 5.97 Å². The Labute approximate surface area is 87.6 Å². The number of nitrogen functional groups attached to an aromatic ring is 1. The number of carboxylic acids is 1. The molecule has 2 rings (SSSR count). The lowest BCUT2D eigenvalue weighted by Gasteiger charge is -1.86. The first-order valence-corrected chi connectivity index (χ1v) is 5.46. The van der Waals surface area contributed by atoms with Crippen molar-refractivity contribution in [1.29, 1.82) is 0 Å². The Morgan fingerprint density at radius 1 is 1.57 bits per heavy atom. The third-order valence-corrected chi connectivity index (χ3v) is 3.24. The molecule has 0 saturated heterocycles. The maximum Gasteiger partial charge on any atom is 0.357 e. The second-order valence-corrected chi connectivity index (χ2v) is 4.36. The number of anilines is 1. The lowest BCUT2D eigenvalue weighted by atomic mass is 10.3. The Bertz CT molecular complexity index is 462. The average molecular weight is 226 g/mol. The molecular weight excluding hydrogens is 220 g/mol. The predicted octanol–water partition coefficient (Wildman–Crippen LogP) is 2.15. The van der Waals surface area contributed by atoms with E-state index in [-0.39, 0.29) is 10.7 Å². The van der Waals surface area contributed by atoms with Crippen molar-refractivity contribution in [1.82, 2.24) is 4.98 Å². The van der Waals surface area contributed by atoms with E-state index in [2.05, 4.69) is 4.98 Å². The number of rotatable bonds is 2. The van der Waals surface area contributed by atoms with Crippen molar-refractivity contribution < 1.29 is 9.90 Å². The van der Waals surface area contributed by atoms with Gasteiger partial charge in [0.2, 0.25) is 0 Å². The largest absolute Gasteiger partial charge is 0.476 e. The molecule has 0 fully saturated rings. The molecule has 0 bridgehead atoms. The second kappa shape index (κ2) is 3.39. The molecule has 0 spiro atoms. The molecule has 2 aromatic rings. The van der Waals surface area contributed by atoms with Gasteiger partial charge in [0.1, 0.15) is 10.0 Å². The Hall–Kier alpha value is -1.40. The van der Waals surface area contributed by atoms with E-state index in [0.717, 1.165) is 5.56 Å². The molecule has 0 aliphatic carbocycles. The molecule has 14 heavy (non-hydrogen) atoms. The summed E-state index contributed by atoms with van der Waals surface area (Å²) >= 11 is 2.73. The lowest BCUT2D eigenvalue weighted by Crippen LogP contribution is -2.00. The summed E-state index contributed by atoms with van der Waals surface area (Å²) in [7, 11) is 0. The number of nitrogens with zero attached hydrogens (tertiary/aromatic N) is 1. The van der Waals surface area contributed by atoms with Gasteiger partial charge in [-0.2, -0.15) is 11.3 Å². The highest BCUT2D eigenvalue weighted by atomic mass is 32.1. The number of hydrogen-bond acceptors (Lipinski definition) is 5. The van der Waals surface area contributed by atoms with Crippen molar-refractivity contribution in [2.75, 3.05) is 5.73 Å². The van der Waals surface area contributed by atoms with Crippen molar-refractivity contribution in [3.8, 4) is 10.6 Å². The van der Waals surface area contributed by atoms with Crippen molar-refractivity contribution >= 4 is 33.6 Å². The minimum absolute atomic E-state index is 0.0591. The van der Waals surface area contributed by atoms with Crippen LogP contribution in [0.25, 0.3) is 10.6 Å². The Kier molecular flexibility index (Phi) is 2.22. The van der Waals surface area contributed by atoms with Gasteiger partial charge in [0.15, 0.2) is 5.69 Å². The zero-order valence-corrected chi connectivity index (χ0v) is 8.56. The highest BCUT2D eigenvalue weighted by Crippen LogP contribution is 2.30. The zero-order valence-electron chi connectivity index (χ0n) is 6.93. The number of nitrogens with two attached hydrogens (primary N) is 1. The van der Waals surface area contributed by atoms with Crippen LogP contribution in [0.3, 0.4) is 0 Å². The topological polar surface area (TPSA) is 76.2 Å². The van der Waals surface area contributed by atoms with Gasteiger partial charge < -0.3 is 10.8 Å². The highest BCUT2D eigenvalue weighted by molar-refractivity contribution is 7.19. The molecule has 0 saturated carbocycles. The molecule has 0 radical (unpaired) electrons. The fourth-order valence-electron chi connectivity index (χ4n) is 0.995. The quantitative estimate of drug-likeness (QED) is 0.822. The summed E-state index contributed by atoms with van der Waals surface area (Å²) in [6, 6.07) is 1.88. The maximum absolute atomic E-state index is 10.7. The van der Waals surface area contributed by atoms with Crippen LogP contribution in [0.1, 0.15) is 10.5 Å². The Morgan fingerprint density at radius 2 is 2.36 bits per heavy atom. The molecule has 6 heteroatoms. The van der Waals surface area contributed by atoms with Gasteiger partial charge in [-0.1, -0.05) is 11.3 Å². The third-order valence-electron chi connectivity index (χ3n) is 1.62. The van der Waals surface area contributed by atoms with Gasteiger partial charge in [-0.15, -0.1) is 0 Å². The standard InChI is InChI=1S/C8H6N2O2S2/c9-6-5(8(11)12)10-7(14-6)4-1-2-13-3-4/h1-3H,9H2,(H,11,12). The number of hydrogen-bond donors (Lipinski definition) is 2. The molecule has 0 unspecified atom stereocenters. The summed E-state index contributed by atoms with van der Waals surface area (Å²) in [4.78, 5) is 14.6. The number of carbonyl (C=O) groups is 1. The smallest absolute Gasteiger partial charge is 0.357 e. The first kappa shape index (κ1) is 9.17. The fraction of sp³-hybridized carbons (Fsp3) is 0. The number of thiazole rings is 1. The summed E-state index contributed by atoms with van der Waals surface area (Å²) in [6.45, 7) is 0. The van der Waals surface area contributed by atoms with E-state index in [4.69, 9.17) is 10.8 Å². The Balaban J connectivity index is 2.48. The van der Waals surface area contributed by atoms with Gasteiger partial charge in [0, 0.05) is 10.9 Å². The zero-order chi connectivity index (χ0) is 10.1. The second-order valence-electron chi connectivity index (χ2n) is 2.55. The van der Waals surface area contributed by atoms with E-state index in [1.54, 1.807) is 0 Å². The molecule has 0 aromatic carbocycles. The van der Waals surface area contributed by atoms with Gasteiger partial charge in [-0.3, -0.25) is 0 Å². The molecule has 3 N–H and O–H groups in total. The van der Waals surface area contributed by atoms with Crippen molar-refractivity contribution in [3.63, 3.8) is 0 Å². The van der Waals surface area contributed by atoms with Crippen molar-refractivity contribution in [2.45, 2.75) is 0 Å². The van der Waals surface area contributed by atoms with Gasteiger partial charge in [-0.05, 0) is 11.4 Å². The van der Waals surface area contributed by atoms with Crippen LogP contribution in [0.4, 0.5) is 5.00 Å². The first-order chi connectivity index (χ1) is 6.68. The number of thiophene rings is 1. The molecule has 4 nitrogen and oxygen atoms in total. The van der Waals surface area contributed by atoms with Crippen LogP contribution < -0.4 is 5.73 Å². The third kappa shape index (κ3) is 1.49. The predicted molar refractivity (Wildman–Crippen MR) is 56.8 cm³/mol. The molecule has 0 aliphatic heterocycles. The van der Waals surface area contributed by atoms with E-state index >= 15 is 0 Å². The monoisotopic (exact) mass is 226 g/mol. The summed E-state index contributed by atoms with van der Waals surface area (Å²) in [5.74, 6) is -1.08. The van der Waals surface area contributed by atoms with Crippen LogP contribution in [-0.4, -0.2) is 16.1 Å². The van der Waals surface area contributed by atoms with Gasteiger partial charge in [0.25, 0.3) is 0 Å². The SMILES string of the molecule is Nc1sc(-c2ccsc2)nc1C(=O)O. The summed E-state index contributed by atoms with van der Waals surface area (Å²) in [5, 5.41) is 13.5. The summed E-state index contributed by atoms with van der Waals surface area (Å²) in [5.41, 5.74) is 6.38. The first-order valence-electron chi connectivity index (χ1n) is 3.70. The van der Waals surface area contributed by atoms with E-state index in [0.29, 0.717) is 5.01 Å². The van der Waals surface area contributed by atoms with Crippen LogP contribution >= 0.6 is 22.7 Å². The summed E-state index contributed by atoms with van der Waals surface area (Å²) < 4.78 is 0. The minimum Gasteiger partial charge on any atom is -0.476 e. The Morgan fingerprint density at radius 3 is 2.86 bits per heavy atom. The van der Waals surface area contributed by atoms with Gasteiger partial charge in [0.05, 0.1) is 0 Å². The average Bonchev–Trinajstić information content (AvgIpc) is 2.70. The number of aromatic nitrogens is 1. The van der Waals surface area contributed by atoms with E-state index < -0.39 is 5.97 Å². The van der Waals surface area contributed by atoms with E-state index in [1.807, 2.05) is 16.8 Å². The summed E-state index contributed by atoms with van der Waals surface area (Å²) in [6.07, 6.45) is 0. The molecule has 72 valence electrons. The molecular formula is C8H6N2O2S2. The van der Waals surface area contributed by atoms with Crippen LogP contribution in [0.2, 0.25) is 0 Å². The van der Waals surface area contributed by atoms with Gasteiger partial charge in [-0.25, -0.2) is 9.78 Å². The lowest BCUT2D eigenvalue weighted by molar-refractivity contribution is 0.0692. The highest BCUT2D eigenvalue weighted by Gasteiger charge is 2.15. The normalized spacial score (nSPS) is 10.3. The minimum atomic E-state index is -1.08. The molecule has 0 amide bonds. The molecule has 2 aromatic heterocycles. The molecule has 0 aliphatic rings. The molecule has 0 atom stereocenters. The van der Waals surface area contributed by atoms with Crippen molar-refractivity contribution in [2.24, 2.45) is 0 Å².